The number of nitrogens with zero attached hydrogens (tertiary/aromatic N) is 8. The van der Waals surface area contributed by atoms with Crippen LogP contribution in [-0.2, 0) is 10.8 Å². The van der Waals surface area contributed by atoms with Gasteiger partial charge in [-0.2, -0.15) is 0 Å². The van der Waals surface area contributed by atoms with Crippen LogP contribution in [0.25, 0.3) is 0 Å². The number of nitrogens with one attached hydrogen (secondary N) is 4. The Morgan fingerprint density at radius 2 is 0.500 bits per heavy atom. The summed E-state index contributed by atoms with van der Waals surface area (Å²) >= 11 is 38.1. The lowest BCUT2D eigenvalue weighted by Gasteiger charge is -2.30. The lowest BCUT2D eigenvalue weighted by atomic mass is 9.76. The zero-order chi connectivity index (χ0) is 50.1. The lowest BCUT2D eigenvalue weighted by Crippen LogP contribution is -2.26. The number of hydrogen-bond donors (Lipinski definition) is 4. The van der Waals surface area contributed by atoms with E-state index >= 15 is 0 Å². The molecule has 70 heavy (non-hydrogen) atoms. The Hall–Kier alpha value is -5.57. The fraction of sp³-hybridized carbons (Fsp3) is 0.216. The molecule has 0 radical (unpaired) electrons. The van der Waals surface area contributed by atoms with Crippen LogP contribution in [-0.4, -0.2) is 24.2 Å². The predicted octanol–water partition coefficient (Wildman–Crippen LogP) is 21.2. The summed E-state index contributed by atoms with van der Waals surface area (Å²) in [6, 6.07) is 45.0. The monoisotopic (exact) mass is 1070 g/mol. The molecule has 0 saturated heterocycles. The van der Waals surface area contributed by atoms with Crippen LogP contribution in [0.4, 0.5) is 46.0 Å². The van der Waals surface area contributed by atoms with Crippen molar-refractivity contribution in [3.05, 3.63) is 188 Å². The molecule has 4 aromatic carbocycles. The fourth-order valence-electron chi connectivity index (χ4n) is 7.68. The third-order valence-electron chi connectivity index (χ3n) is 11.6. The Bertz CT molecular complexity index is 2570. The summed E-state index contributed by atoms with van der Waals surface area (Å²) in [6.07, 6.45) is 3.58. The maximum Gasteiger partial charge on any atom is 0.180 e. The van der Waals surface area contributed by atoms with Crippen molar-refractivity contribution in [3.63, 3.8) is 0 Å². The van der Waals surface area contributed by atoms with E-state index in [4.69, 9.17) is 81.2 Å². The molecular weight excluding hydrogens is 1030 g/mol. The minimum atomic E-state index is -0.750. The van der Waals surface area contributed by atoms with E-state index in [1.54, 1.807) is 48.5 Å². The van der Waals surface area contributed by atoms with E-state index < -0.39 is 4.30 Å². The van der Waals surface area contributed by atoms with Gasteiger partial charge in [-0.25, -0.2) is 0 Å². The van der Waals surface area contributed by atoms with Crippen LogP contribution in [0.2, 0.25) is 20.1 Å². The molecule has 0 atom stereocenters. The molecule has 4 aromatic heterocycles. The van der Waals surface area contributed by atoms with Crippen LogP contribution in [0.1, 0.15) is 76.2 Å². The van der Waals surface area contributed by atoms with E-state index in [9.17, 15) is 0 Å². The summed E-state index contributed by atoms with van der Waals surface area (Å²) in [4.78, 5) is 13.7. The number of rotatable bonds is 16. The molecule has 0 fully saturated rings. The highest BCUT2D eigenvalue weighted by Gasteiger charge is 2.35. The van der Waals surface area contributed by atoms with E-state index in [-0.39, 0.29) is 10.8 Å². The van der Waals surface area contributed by atoms with E-state index in [0.717, 1.165) is 71.2 Å². The van der Waals surface area contributed by atoms with Gasteiger partial charge in [0.05, 0.1) is 22.7 Å². The molecule has 8 aromatic rings. The van der Waals surface area contributed by atoms with Gasteiger partial charge in [0.2, 0.25) is 0 Å². The Morgan fingerprint density at radius 1 is 0.314 bits per heavy atom. The highest BCUT2D eigenvalue weighted by Crippen LogP contribution is 2.41. The van der Waals surface area contributed by atoms with Crippen molar-refractivity contribution in [2.24, 2.45) is 40.9 Å². The molecule has 19 heteroatoms. The number of H-pyrrole nitrogens is 4. The van der Waals surface area contributed by atoms with Crippen molar-refractivity contribution in [1.82, 2.24) is 19.9 Å². The van der Waals surface area contributed by atoms with E-state index in [1.807, 2.05) is 72.8 Å². The van der Waals surface area contributed by atoms with Gasteiger partial charge in [-0.1, -0.05) is 109 Å². The average Bonchev–Trinajstić information content (AvgIpc) is 4.22. The Labute approximate surface area is 442 Å². The molecule has 4 heterocycles. The maximum atomic E-state index is 5.93. The average molecular weight is 1080 g/mol. The van der Waals surface area contributed by atoms with Crippen molar-refractivity contribution in [2.75, 3.05) is 0 Å². The van der Waals surface area contributed by atoms with Gasteiger partial charge in [-0.05, 0) is 171 Å². The number of aromatic amines is 4. The largest absolute Gasteiger partial charge is 0.341 e. The van der Waals surface area contributed by atoms with Gasteiger partial charge in [0, 0.05) is 53.7 Å². The summed E-state index contributed by atoms with van der Waals surface area (Å²) in [7, 11) is 0. The summed E-state index contributed by atoms with van der Waals surface area (Å²) in [5.74, 6) is 2.78. The summed E-state index contributed by atoms with van der Waals surface area (Å²) < 4.78 is -0.750. The Kier molecular flexibility index (Phi) is 20.0. The van der Waals surface area contributed by atoms with Crippen LogP contribution in [0, 0.1) is 0 Å². The molecule has 0 amide bonds. The Balaban J connectivity index is 0.000000213. The van der Waals surface area contributed by atoms with Crippen molar-refractivity contribution in [1.29, 1.82) is 0 Å². The van der Waals surface area contributed by atoms with Crippen molar-refractivity contribution >= 4 is 127 Å². The second-order valence-corrected chi connectivity index (χ2v) is 19.3. The highest BCUT2D eigenvalue weighted by molar-refractivity contribution is 6.63. The number of benzene rings is 4. The number of aromatic nitrogens is 4. The van der Waals surface area contributed by atoms with Crippen LogP contribution in [0.5, 0.6) is 0 Å². The quantitative estimate of drug-likeness (QED) is 0.0536. The van der Waals surface area contributed by atoms with Crippen molar-refractivity contribution in [3.8, 4) is 0 Å². The van der Waals surface area contributed by atoms with Gasteiger partial charge in [-0.3, -0.25) is 0 Å². The van der Waals surface area contributed by atoms with Crippen molar-refractivity contribution in [2.45, 2.75) is 68.5 Å². The number of alkyl halides is 3. The molecule has 0 spiro atoms. The first-order valence-electron chi connectivity index (χ1n) is 22.2. The van der Waals surface area contributed by atoms with Crippen LogP contribution < -0.4 is 0 Å². The van der Waals surface area contributed by atoms with Crippen molar-refractivity contribution < 1.29 is 0 Å². The molecule has 0 saturated carbocycles. The molecular formula is C51H49Cl7N12. The van der Waals surface area contributed by atoms with Gasteiger partial charge in [0.25, 0.3) is 0 Å². The van der Waals surface area contributed by atoms with E-state index in [2.05, 4.69) is 113 Å². The van der Waals surface area contributed by atoms with Gasteiger partial charge in [-0.15, -0.1) is 40.9 Å². The lowest BCUT2D eigenvalue weighted by molar-refractivity contribution is 0.456. The number of azo groups is 4. The third-order valence-corrected chi connectivity index (χ3v) is 12.6. The predicted molar refractivity (Wildman–Crippen MR) is 290 cm³/mol. The number of hydrogen-bond acceptors (Lipinski definition) is 8. The Morgan fingerprint density at radius 3 is 0.671 bits per heavy atom. The molecule has 8 rings (SSSR count). The zero-order valence-electron chi connectivity index (χ0n) is 38.5. The molecule has 12 nitrogen and oxygen atoms in total. The smallest absolute Gasteiger partial charge is 0.180 e. The second-order valence-electron chi connectivity index (χ2n) is 15.6. The first-order valence-corrected chi connectivity index (χ1v) is 25.0. The van der Waals surface area contributed by atoms with Gasteiger partial charge < -0.3 is 19.9 Å². The van der Waals surface area contributed by atoms with E-state index in [1.165, 1.54) is 0 Å². The normalized spacial score (nSPS) is 12.1. The topological polar surface area (TPSA) is 162 Å². The summed E-state index contributed by atoms with van der Waals surface area (Å²) in [5.41, 5.74) is 6.79. The summed E-state index contributed by atoms with van der Waals surface area (Å²) in [5, 5.41) is 37.3. The first-order chi connectivity index (χ1) is 33.8. The second kappa shape index (κ2) is 26.0. The SMILES string of the molecule is CCC(CC)(c1ccc(N=Nc2ccc(Cl)cc2)[nH]1)c1ccc(N=Nc2ccc(Cl)cc2)[nH]1.CCC(CC)(c1ccc(N=Nc2ccc(Cl)cc2)[nH]1)c1ccc(N=Nc2ccc(Cl)cc2)[nH]1.ClC(Cl)Cl. The third kappa shape index (κ3) is 14.7. The van der Waals surface area contributed by atoms with Crippen LogP contribution in [0.3, 0.4) is 0 Å². The summed E-state index contributed by atoms with van der Waals surface area (Å²) in [6.45, 7) is 8.70. The molecule has 0 bridgehead atoms. The van der Waals surface area contributed by atoms with E-state index in [0.29, 0.717) is 43.4 Å². The molecule has 0 unspecified atom stereocenters. The van der Waals surface area contributed by atoms with Gasteiger partial charge in [0.15, 0.2) is 27.6 Å². The van der Waals surface area contributed by atoms with Crippen LogP contribution in [0.15, 0.2) is 187 Å². The maximum absolute atomic E-state index is 5.93. The van der Waals surface area contributed by atoms with Gasteiger partial charge >= 0.3 is 0 Å². The number of halogens is 7. The molecule has 4 N–H and O–H groups in total. The molecule has 0 aliphatic heterocycles. The zero-order valence-corrected chi connectivity index (χ0v) is 43.8. The van der Waals surface area contributed by atoms with Gasteiger partial charge in [0.1, 0.15) is 0 Å². The minimum Gasteiger partial charge on any atom is -0.341 e. The first kappa shape index (κ1) is 53.8. The fourth-order valence-corrected chi connectivity index (χ4v) is 8.18. The molecule has 0 aliphatic carbocycles. The van der Waals surface area contributed by atoms with Crippen LogP contribution >= 0.6 is 81.2 Å². The standard InChI is InChI=1S/2C25H24Cl2N6.CHCl3/c2*1-3-25(4-2,21-13-15-23(28-21)32-30-19-9-5-17(26)6-10-19)22-14-16-24(29-22)33-31-20-11-7-18(27)8-12-20;2-1(3)4/h2*5-16,28-29H,3-4H2,1-2H3;1H. The highest BCUT2D eigenvalue weighted by atomic mass is 35.6. The molecule has 362 valence electrons. The minimum absolute atomic E-state index is 0.234. The molecule has 0 aliphatic rings.